The number of hydrogen-bond donors (Lipinski definition) is 2. The van der Waals surface area contributed by atoms with E-state index < -0.39 is 0 Å². The summed E-state index contributed by atoms with van der Waals surface area (Å²) in [6, 6.07) is 16.9. The summed E-state index contributed by atoms with van der Waals surface area (Å²) >= 11 is 0. The highest BCUT2D eigenvalue weighted by Gasteiger charge is 2.35. The molecule has 2 aliphatic heterocycles. The van der Waals surface area contributed by atoms with Crippen molar-refractivity contribution < 1.29 is 9.53 Å². The van der Waals surface area contributed by atoms with E-state index in [1.165, 1.54) is 22.5 Å². The molecule has 2 saturated heterocycles. The van der Waals surface area contributed by atoms with Gasteiger partial charge < -0.3 is 20.3 Å². The van der Waals surface area contributed by atoms with Gasteiger partial charge in [-0.05, 0) is 99.9 Å². The quantitative estimate of drug-likeness (QED) is 0.132. The van der Waals surface area contributed by atoms with Crippen LogP contribution in [0.5, 0.6) is 0 Å². The van der Waals surface area contributed by atoms with Crippen LogP contribution in [0.15, 0.2) is 79.5 Å². The maximum absolute atomic E-state index is 12.5. The Labute approximate surface area is 312 Å². The Morgan fingerprint density at radius 2 is 1.62 bits per heavy atom. The van der Waals surface area contributed by atoms with Crippen molar-refractivity contribution in [1.82, 2.24) is 44.8 Å². The van der Waals surface area contributed by atoms with Gasteiger partial charge in [0.25, 0.3) is 0 Å². The number of aromatic nitrogens is 6. The summed E-state index contributed by atoms with van der Waals surface area (Å²) in [6.45, 7) is 12.5. The first-order valence-corrected chi connectivity index (χ1v) is 18.8. The number of carbonyl (C=O) groups excluding carboxylic acids is 1. The van der Waals surface area contributed by atoms with Crippen LogP contribution in [0.1, 0.15) is 78.3 Å². The average molecular weight is 715 g/mol. The minimum atomic E-state index is -0.0603. The maximum atomic E-state index is 12.5. The summed E-state index contributed by atoms with van der Waals surface area (Å²) in [6.07, 6.45) is 13.8. The molecule has 2 N–H and O–H groups in total. The molecule has 0 aliphatic carbocycles. The van der Waals surface area contributed by atoms with Crippen molar-refractivity contribution >= 4 is 17.7 Å². The number of rotatable bonds is 13. The van der Waals surface area contributed by atoms with Gasteiger partial charge in [-0.3, -0.25) is 19.5 Å². The second-order valence-electron chi connectivity index (χ2n) is 14.1. The van der Waals surface area contributed by atoms with Gasteiger partial charge in [-0.15, -0.1) is 0 Å². The predicted octanol–water partition coefficient (Wildman–Crippen LogP) is 7.09. The number of benzene rings is 1. The Morgan fingerprint density at radius 3 is 2.30 bits per heavy atom. The zero-order chi connectivity index (χ0) is 36.7. The molecule has 0 saturated carbocycles. The largest absolute Gasteiger partial charge is 0.375 e. The Balaban J connectivity index is 0.961. The van der Waals surface area contributed by atoms with Crippen molar-refractivity contribution in [2.75, 3.05) is 31.6 Å². The van der Waals surface area contributed by atoms with Gasteiger partial charge in [0.15, 0.2) is 0 Å². The predicted molar refractivity (Wildman–Crippen MR) is 206 cm³/mol. The minimum absolute atomic E-state index is 0.0603. The van der Waals surface area contributed by atoms with Crippen molar-refractivity contribution in [1.29, 1.82) is 0 Å². The van der Waals surface area contributed by atoms with Crippen molar-refractivity contribution in [2.45, 2.75) is 84.7 Å². The van der Waals surface area contributed by atoms with Gasteiger partial charge in [-0.25, -0.2) is 14.8 Å². The Kier molecular flexibility index (Phi) is 11.4. The van der Waals surface area contributed by atoms with E-state index in [0.29, 0.717) is 32.2 Å². The molecule has 0 spiro atoms. The average Bonchev–Trinajstić information content (AvgIpc) is 3.59. The van der Waals surface area contributed by atoms with E-state index in [1.54, 1.807) is 11.1 Å². The van der Waals surface area contributed by atoms with E-state index in [4.69, 9.17) is 19.7 Å². The van der Waals surface area contributed by atoms with E-state index in [9.17, 15) is 4.79 Å². The monoisotopic (exact) mass is 714 g/mol. The lowest BCUT2D eigenvalue weighted by Gasteiger charge is -2.42. The van der Waals surface area contributed by atoms with E-state index in [-0.39, 0.29) is 24.2 Å². The molecule has 0 unspecified atom stereocenters. The number of carbonyl (C=O) groups is 1. The number of urea groups is 1. The third kappa shape index (κ3) is 8.55. The molecule has 0 radical (unpaired) electrons. The minimum Gasteiger partial charge on any atom is -0.375 e. The molecule has 2 amide bonds. The van der Waals surface area contributed by atoms with Gasteiger partial charge in [0.1, 0.15) is 0 Å². The summed E-state index contributed by atoms with van der Waals surface area (Å²) in [5.41, 5.74) is 9.60. The topological polar surface area (TPSA) is 126 Å². The molecule has 53 heavy (non-hydrogen) atoms. The molecule has 12 nitrogen and oxygen atoms in total. The normalized spacial score (nSPS) is 17.8. The summed E-state index contributed by atoms with van der Waals surface area (Å²) in [5.74, 6) is 0.506. The fourth-order valence-corrected chi connectivity index (χ4v) is 7.60. The molecule has 276 valence electrons. The molecule has 12 heteroatoms. The highest BCUT2D eigenvalue weighted by atomic mass is 16.5. The van der Waals surface area contributed by atoms with Crippen LogP contribution in [0.2, 0.25) is 0 Å². The van der Waals surface area contributed by atoms with Crippen LogP contribution in [0.4, 0.5) is 16.4 Å². The van der Waals surface area contributed by atoms with Crippen LogP contribution in [0.3, 0.4) is 0 Å². The lowest BCUT2D eigenvalue weighted by Crippen LogP contribution is -2.57. The molecule has 1 aromatic carbocycles. The molecule has 5 aromatic rings. The van der Waals surface area contributed by atoms with Crippen LogP contribution in [-0.4, -0.2) is 77.9 Å². The molecule has 4 aromatic heterocycles. The molecule has 2 aliphatic rings. The standard InChI is InChI=1S/C41H50N10O2/c1-5-53-34-26-49(27-34)41(52)45-23-32-15-14-31(22-30(32)4)35-16-19-44-40(48-35)47-33-24-46-50(25-33)20-9-21-51-36(38-28(2)10-7-17-42-38)12-6-13-37(51)39-29(3)11-8-18-43-39/h7-8,10-11,14-19,22,24-25,34,36-37H,5-6,9,12-13,20-21,23,26-27H2,1-4H3,(H,45,52)(H,44,47,48)/t36-,37+. The lowest BCUT2D eigenvalue weighted by molar-refractivity contribution is -0.0300. The van der Waals surface area contributed by atoms with Crippen LogP contribution in [-0.2, 0) is 17.8 Å². The first kappa shape index (κ1) is 36.2. The Morgan fingerprint density at radius 1 is 0.887 bits per heavy atom. The first-order valence-electron chi connectivity index (χ1n) is 18.8. The molecule has 6 heterocycles. The summed E-state index contributed by atoms with van der Waals surface area (Å²) in [4.78, 5) is 35.9. The molecular formula is C41H50N10O2. The van der Waals surface area contributed by atoms with Gasteiger partial charge in [0.2, 0.25) is 5.95 Å². The molecule has 2 atom stereocenters. The van der Waals surface area contributed by atoms with Crippen molar-refractivity contribution in [3.05, 3.63) is 113 Å². The number of ether oxygens (including phenoxy) is 1. The summed E-state index contributed by atoms with van der Waals surface area (Å²) in [7, 11) is 0. The summed E-state index contributed by atoms with van der Waals surface area (Å²) in [5, 5.41) is 11.0. The lowest BCUT2D eigenvalue weighted by atomic mass is 9.88. The fraction of sp³-hybridized carbons (Fsp3) is 0.415. The van der Waals surface area contributed by atoms with Gasteiger partial charge in [0, 0.05) is 56.6 Å². The third-order valence-corrected chi connectivity index (χ3v) is 10.4. The smallest absolute Gasteiger partial charge is 0.317 e. The fourth-order valence-electron chi connectivity index (χ4n) is 7.60. The number of piperidine rings is 1. The van der Waals surface area contributed by atoms with Crippen molar-refractivity contribution in [3.8, 4) is 11.3 Å². The third-order valence-electron chi connectivity index (χ3n) is 10.4. The summed E-state index contributed by atoms with van der Waals surface area (Å²) < 4.78 is 7.55. The van der Waals surface area contributed by atoms with Crippen LogP contribution >= 0.6 is 0 Å². The van der Waals surface area contributed by atoms with Gasteiger partial charge in [-0.1, -0.05) is 24.3 Å². The number of pyridine rings is 2. The number of nitrogens with zero attached hydrogens (tertiary/aromatic N) is 8. The Hall–Kier alpha value is -5.20. The Bertz CT molecular complexity index is 1950. The second kappa shape index (κ2) is 16.6. The zero-order valence-corrected chi connectivity index (χ0v) is 31.2. The van der Waals surface area contributed by atoms with E-state index >= 15 is 0 Å². The molecule has 7 rings (SSSR count). The number of aryl methyl sites for hydroxylation is 4. The van der Waals surface area contributed by atoms with Crippen LogP contribution < -0.4 is 10.6 Å². The van der Waals surface area contributed by atoms with Gasteiger partial charge in [-0.2, -0.15) is 5.10 Å². The van der Waals surface area contributed by atoms with Crippen LogP contribution in [0.25, 0.3) is 11.3 Å². The number of likely N-dealkylation sites (tertiary alicyclic amines) is 2. The van der Waals surface area contributed by atoms with E-state index in [2.05, 4.69) is 64.6 Å². The highest BCUT2D eigenvalue weighted by molar-refractivity contribution is 5.75. The number of anilines is 2. The zero-order valence-electron chi connectivity index (χ0n) is 31.2. The van der Waals surface area contributed by atoms with E-state index in [0.717, 1.165) is 66.8 Å². The first-order chi connectivity index (χ1) is 25.9. The number of amides is 2. The van der Waals surface area contributed by atoms with E-state index in [1.807, 2.05) is 66.7 Å². The second-order valence-corrected chi connectivity index (χ2v) is 14.1. The van der Waals surface area contributed by atoms with Crippen LogP contribution in [0, 0.1) is 20.8 Å². The number of nitrogens with one attached hydrogen (secondary N) is 2. The van der Waals surface area contributed by atoms with Crippen molar-refractivity contribution in [3.63, 3.8) is 0 Å². The SMILES string of the molecule is CCOC1CN(C(=O)NCc2ccc(-c3ccnc(Nc4cnn(CCCN5[C@@H](c6ncccc6C)CCC[C@H]5c5ncccc5C)c4)n3)cc2C)C1. The van der Waals surface area contributed by atoms with Gasteiger partial charge in [0.05, 0.1) is 60.2 Å². The number of hydrogen-bond acceptors (Lipinski definition) is 9. The van der Waals surface area contributed by atoms with Gasteiger partial charge >= 0.3 is 6.03 Å². The maximum Gasteiger partial charge on any atom is 0.317 e. The molecular weight excluding hydrogens is 665 g/mol. The molecule has 2 fully saturated rings. The van der Waals surface area contributed by atoms with Crippen molar-refractivity contribution in [2.24, 2.45) is 0 Å². The molecule has 0 bridgehead atoms. The highest BCUT2D eigenvalue weighted by Crippen LogP contribution is 2.42.